The monoisotopic (exact) mass is 413 g/mol. The van der Waals surface area contributed by atoms with Crippen LogP contribution in [0.25, 0.3) is 0 Å². The zero-order valence-electron chi connectivity index (χ0n) is 12.5. The number of furan rings is 1. The number of methoxy groups -OCH3 is 1. The van der Waals surface area contributed by atoms with Gasteiger partial charge in [-0.05, 0) is 54.1 Å². The summed E-state index contributed by atoms with van der Waals surface area (Å²) >= 11 is 2.15. The average molecular weight is 413 g/mol. The van der Waals surface area contributed by atoms with Gasteiger partial charge in [-0.3, -0.25) is 4.79 Å². The Morgan fingerprint density at radius 1 is 1.27 bits per heavy atom. The first-order chi connectivity index (χ1) is 10.4. The smallest absolute Gasteiger partial charge is 0.341 e. The molecule has 0 aliphatic rings. The summed E-state index contributed by atoms with van der Waals surface area (Å²) in [5.74, 6) is 0.351. The second-order valence-corrected chi connectivity index (χ2v) is 5.87. The predicted molar refractivity (Wildman–Crippen MR) is 89.9 cm³/mol. The lowest BCUT2D eigenvalue weighted by Crippen LogP contribution is -2.23. The van der Waals surface area contributed by atoms with Crippen molar-refractivity contribution in [3.8, 4) is 0 Å². The van der Waals surface area contributed by atoms with Gasteiger partial charge in [0.05, 0.1) is 19.2 Å². The first-order valence-corrected chi connectivity index (χ1v) is 7.73. The Labute approximate surface area is 142 Å². The fourth-order valence-corrected chi connectivity index (χ4v) is 2.63. The molecule has 116 valence electrons. The molecule has 0 radical (unpaired) electrons. The number of benzene rings is 1. The van der Waals surface area contributed by atoms with Crippen LogP contribution in [-0.4, -0.2) is 19.0 Å². The molecule has 0 atom stereocenters. The molecule has 1 aromatic heterocycles. The van der Waals surface area contributed by atoms with Crippen LogP contribution in [-0.2, 0) is 11.3 Å². The quantitative estimate of drug-likeness (QED) is 0.618. The van der Waals surface area contributed by atoms with E-state index < -0.39 is 5.97 Å². The number of carbonyl (C=O) groups is 2. The van der Waals surface area contributed by atoms with E-state index >= 15 is 0 Å². The van der Waals surface area contributed by atoms with E-state index in [0.717, 1.165) is 9.13 Å². The number of nitrogens with one attached hydrogen (secondary N) is 1. The largest absolute Gasteiger partial charge is 0.465 e. The number of carbonyl (C=O) groups excluding carboxylic acids is 2. The van der Waals surface area contributed by atoms with Crippen LogP contribution in [0, 0.1) is 17.4 Å². The summed E-state index contributed by atoms with van der Waals surface area (Å²) in [6, 6.07) is 7.16. The Balaban J connectivity index is 2.08. The molecular weight excluding hydrogens is 397 g/mol. The van der Waals surface area contributed by atoms with Crippen molar-refractivity contribution in [3.05, 3.63) is 56.0 Å². The first kappa shape index (κ1) is 16.5. The molecule has 1 amide bonds. The second kappa shape index (κ2) is 6.95. The number of amides is 1. The molecule has 0 aliphatic heterocycles. The number of hydrogen-bond donors (Lipinski definition) is 1. The van der Waals surface area contributed by atoms with Gasteiger partial charge in [-0.25, -0.2) is 4.79 Å². The van der Waals surface area contributed by atoms with Crippen LogP contribution in [0.4, 0.5) is 0 Å². The van der Waals surface area contributed by atoms with Crippen molar-refractivity contribution in [2.45, 2.75) is 20.4 Å². The minimum atomic E-state index is -0.452. The zero-order chi connectivity index (χ0) is 16.3. The van der Waals surface area contributed by atoms with Crippen LogP contribution in [0.3, 0.4) is 0 Å². The van der Waals surface area contributed by atoms with E-state index in [2.05, 4.69) is 32.6 Å². The van der Waals surface area contributed by atoms with Crippen molar-refractivity contribution >= 4 is 34.5 Å². The summed E-state index contributed by atoms with van der Waals surface area (Å²) < 4.78 is 11.0. The minimum absolute atomic E-state index is 0.179. The molecule has 22 heavy (non-hydrogen) atoms. The first-order valence-electron chi connectivity index (χ1n) is 6.65. The molecule has 0 unspecified atom stereocenters. The SMILES string of the molecule is COC(=O)c1cc(CNC(=O)c2cccc(C)c2I)oc1C. The van der Waals surface area contributed by atoms with Gasteiger partial charge in [-0.15, -0.1) is 0 Å². The van der Waals surface area contributed by atoms with Gasteiger partial charge in [0, 0.05) is 3.57 Å². The Morgan fingerprint density at radius 3 is 2.68 bits per heavy atom. The number of aryl methyl sites for hydroxylation is 2. The lowest BCUT2D eigenvalue weighted by atomic mass is 10.1. The molecule has 2 rings (SSSR count). The maximum atomic E-state index is 12.2. The van der Waals surface area contributed by atoms with Gasteiger partial charge < -0.3 is 14.5 Å². The highest BCUT2D eigenvalue weighted by Crippen LogP contribution is 2.18. The van der Waals surface area contributed by atoms with Gasteiger partial charge >= 0.3 is 5.97 Å². The van der Waals surface area contributed by atoms with E-state index in [9.17, 15) is 9.59 Å². The number of halogens is 1. The standard InChI is InChI=1S/C16H16INO4/c1-9-5-4-6-12(14(9)17)15(19)18-8-11-7-13(10(2)22-11)16(20)21-3/h4-7H,8H2,1-3H3,(H,18,19). The highest BCUT2D eigenvalue weighted by molar-refractivity contribution is 14.1. The molecule has 1 aromatic carbocycles. The maximum Gasteiger partial charge on any atom is 0.341 e. The summed E-state index contributed by atoms with van der Waals surface area (Å²) in [4.78, 5) is 23.7. The van der Waals surface area contributed by atoms with Gasteiger partial charge in [-0.1, -0.05) is 12.1 Å². The molecule has 0 aliphatic carbocycles. The highest BCUT2D eigenvalue weighted by Gasteiger charge is 2.16. The molecule has 0 saturated heterocycles. The normalized spacial score (nSPS) is 10.4. The lowest BCUT2D eigenvalue weighted by molar-refractivity contribution is 0.0598. The third-order valence-electron chi connectivity index (χ3n) is 3.23. The maximum absolute atomic E-state index is 12.2. The summed E-state index contributed by atoms with van der Waals surface area (Å²) in [6.45, 7) is 3.85. The number of ether oxygens (including phenoxy) is 1. The van der Waals surface area contributed by atoms with Crippen LogP contribution >= 0.6 is 22.6 Å². The zero-order valence-corrected chi connectivity index (χ0v) is 14.7. The summed E-state index contributed by atoms with van der Waals surface area (Å²) in [5.41, 5.74) is 2.05. The molecule has 6 heteroatoms. The predicted octanol–water partition coefficient (Wildman–Crippen LogP) is 3.22. The van der Waals surface area contributed by atoms with E-state index in [0.29, 0.717) is 22.6 Å². The molecule has 1 N–H and O–H groups in total. The molecule has 1 heterocycles. The van der Waals surface area contributed by atoms with E-state index in [4.69, 9.17) is 4.42 Å². The van der Waals surface area contributed by atoms with Gasteiger partial charge in [-0.2, -0.15) is 0 Å². The van der Waals surface area contributed by atoms with Crippen molar-refractivity contribution in [2.24, 2.45) is 0 Å². The summed E-state index contributed by atoms with van der Waals surface area (Å²) in [7, 11) is 1.32. The van der Waals surface area contributed by atoms with E-state index in [1.54, 1.807) is 19.1 Å². The third kappa shape index (κ3) is 3.49. The molecule has 0 fully saturated rings. The van der Waals surface area contributed by atoms with Crippen LogP contribution in [0.2, 0.25) is 0 Å². The van der Waals surface area contributed by atoms with Crippen molar-refractivity contribution in [1.29, 1.82) is 0 Å². The van der Waals surface area contributed by atoms with E-state index in [1.807, 2.05) is 19.1 Å². The van der Waals surface area contributed by atoms with Crippen molar-refractivity contribution in [2.75, 3.05) is 7.11 Å². The molecular formula is C16H16INO4. The number of hydrogen-bond acceptors (Lipinski definition) is 4. The van der Waals surface area contributed by atoms with Crippen molar-refractivity contribution in [3.63, 3.8) is 0 Å². The fourth-order valence-electron chi connectivity index (χ4n) is 2.03. The van der Waals surface area contributed by atoms with Crippen molar-refractivity contribution in [1.82, 2.24) is 5.32 Å². The number of rotatable bonds is 4. The van der Waals surface area contributed by atoms with Gasteiger partial charge in [0.25, 0.3) is 5.91 Å². The van der Waals surface area contributed by atoms with E-state index in [-0.39, 0.29) is 12.5 Å². The molecule has 0 saturated carbocycles. The molecule has 2 aromatic rings. The summed E-state index contributed by atoms with van der Waals surface area (Å²) in [5, 5.41) is 2.79. The van der Waals surface area contributed by atoms with E-state index in [1.165, 1.54) is 7.11 Å². The highest BCUT2D eigenvalue weighted by atomic mass is 127. The van der Waals surface area contributed by atoms with Crippen molar-refractivity contribution < 1.29 is 18.7 Å². The van der Waals surface area contributed by atoms with Crippen LogP contribution in [0.15, 0.2) is 28.7 Å². The van der Waals surface area contributed by atoms with Gasteiger partial charge in [0.2, 0.25) is 0 Å². The van der Waals surface area contributed by atoms with Crippen LogP contribution in [0.1, 0.15) is 37.8 Å². The summed E-state index contributed by atoms with van der Waals surface area (Å²) in [6.07, 6.45) is 0. The van der Waals surface area contributed by atoms with Crippen LogP contribution in [0.5, 0.6) is 0 Å². The molecule has 0 bridgehead atoms. The van der Waals surface area contributed by atoms with Gasteiger partial charge in [0.15, 0.2) is 0 Å². The lowest BCUT2D eigenvalue weighted by Gasteiger charge is -2.07. The molecule has 0 spiro atoms. The average Bonchev–Trinajstić information content (AvgIpc) is 2.88. The Hall–Kier alpha value is -1.83. The topological polar surface area (TPSA) is 68.5 Å². The minimum Gasteiger partial charge on any atom is -0.465 e. The fraction of sp³-hybridized carbons (Fsp3) is 0.250. The Morgan fingerprint density at radius 2 is 2.00 bits per heavy atom. The van der Waals surface area contributed by atoms with Gasteiger partial charge in [0.1, 0.15) is 17.1 Å². The second-order valence-electron chi connectivity index (χ2n) is 4.79. The number of esters is 1. The Kier molecular flexibility index (Phi) is 5.23. The van der Waals surface area contributed by atoms with Crippen LogP contribution < -0.4 is 5.32 Å². The Bertz CT molecular complexity index is 721. The third-order valence-corrected chi connectivity index (χ3v) is 4.67. The molecule has 5 nitrogen and oxygen atoms in total.